The lowest BCUT2D eigenvalue weighted by atomic mass is 9.73. The van der Waals surface area contributed by atoms with Crippen LogP contribution in [0.2, 0.25) is 0 Å². The predicted molar refractivity (Wildman–Crippen MR) is 69.7 cm³/mol. The highest BCUT2D eigenvalue weighted by molar-refractivity contribution is 5.32. The normalized spacial score (nSPS) is 12.8. The van der Waals surface area contributed by atoms with E-state index in [1.807, 2.05) is 18.2 Å². The van der Waals surface area contributed by atoms with Crippen LogP contribution in [-0.4, -0.2) is 5.11 Å². The Kier molecular flexibility index (Phi) is 3.67. The number of aromatic hydroxyl groups is 1. The molecule has 0 saturated heterocycles. The average Bonchev–Trinajstić information content (AvgIpc) is 2.04. The minimum atomic E-state index is 0.219. The average molecular weight is 220 g/mol. The summed E-state index contributed by atoms with van der Waals surface area (Å²) in [7, 11) is 0. The fourth-order valence-corrected chi connectivity index (χ4v) is 2.67. The number of phenols is 1. The van der Waals surface area contributed by atoms with Gasteiger partial charge in [-0.25, -0.2) is 0 Å². The molecule has 1 aromatic rings. The van der Waals surface area contributed by atoms with Crippen LogP contribution in [0.4, 0.5) is 0 Å². The van der Waals surface area contributed by atoms with Crippen molar-refractivity contribution < 1.29 is 5.11 Å². The maximum atomic E-state index is 9.77. The highest BCUT2D eigenvalue weighted by Crippen LogP contribution is 2.37. The second-order valence-electron chi connectivity index (χ2n) is 6.71. The molecule has 0 amide bonds. The molecule has 1 rings (SSSR count). The van der Waals surface area contributed by atoms with Gasteiger partial charge in [0.2, 0.25) is 0 Å². The van der Waals surface area contributed by atoms with E-state index in [2.05, 4.69) is 34.6 Å². The Hall–Kier alpha value is -0.980. The molecule has 0 spiro atoms. The number of hydrogen-bond donors (Lipinski definition) is 1. The summed E-state index contributed by atoms with van der Waals surface area (Å²) in [5.74, 6) is 0.421. The Labute approximate surface area is 99.5 Å². The van der Waals surface area contributed by atoms with Crippen LogP contribution >= 0.6 is 0 Å². The topological polar surface area (TPSA) is 20.2 Å². The van der Waals surface area contributed by atoms with Crippen LogP contribution in [0.1, 0.15) is 46.6 Å². The van der Waals surface area contributed by atoms with E-state index in [1.165, 1.54) is 0 Å². The van der Waals surface area contributed by atoms with Gasteiger partial charge in [0, 0.05) is 0 Å². The standard InChI is InChI=1S/C15H24O/c1-14(2,3)11-15(4,5)10-12-8-6-7-9-13(12)16/h6-9,16H,10-11H2,1-5H3. The zero-order valence-corrected chi connectivity index (χ0v) is 11.2. The van der Waals surface area contributed by atoms with E-state index in [0.29, 0.717) is 11.2 Å². The van der Waals surface area contributed by atoms with Crippen molar-refractivity contribution in [2.24, 2.45) is 10.8 Å². The second kappa shape index (κ2) is 4.48. The van der Waals surface area contributed by atoms with Gasteiger partial charge in [-0.3, -0.25) is 0 Å². The van der Waals surface area contributed by atoms with Crippen molar-refractivity contribution >= 4 is 0 Å². The predicted octanol–water partition coefficient (Wildman–Crippen LogP) is 4.40. The van der Waals surface area contributed by atoms with Crippen molar-refractivity contribution in [1.29, 1.82) is 0 Å². The van der Waals surface area contributed by atoms with Crippen LogP contribution in [0.5, 0.6) is 5.75 Å². The van der Waals surface area contributed by atoms with Crippen molar-refractivity contribution in [2.45, 2.75) is 47.5 Å². The van der Waals surface area contributed by atoms with E-state index in [-0.39, 0.29) is 5.41 Å². The van der Waals surface area contributed by atoms with E-state index in [4.69, 9.17) is 0 Å². The van der Waals surface area contributed by atoms with Crippen molar-refractivity contribution in [3.63, 3.8) is 0 Å². The third-order valence-electron chi connectivity index (χ3n) is 2.67. The molecule has 0 unspecified atom stereocenters. The minimum absolute atomic E-state index is 0.219. The van der Waals surface area contributed by atoms with E-state index in [0.717, 1.165) is 18.4 Å². The Bertz CT molecular complexity index is 345. The Morgan fingerprint density at radius 2 is 1.56 bits per heavy atom. The quantitative estimate of drug-likeness (QED) is 0.800. The van der Waals surface area contributed by atoms with Gasteiger partial charge < -0.3 is 5.11 Å². The largest absolute Gasteiger partial charge is 0.508 e. The van der Waals surface area contributed by atoms with Crippen molar-refractivity contribution in [3.05, 3.63) is 29.8 Å². The van der Waals surface area contributed by atoms with Gasteiger partial charge in [-0.15, -0.1) is 0 Å². The highest BCUT2D eigenvalue weighted by Gasteiger charge is 2.26. The molecular formula is C15H24O. The summed E-state index contributed by atoms with van der Waals surface area (Å²) in [4.78, 5) is 0. The van der Waals surface area contributed by atoms with Gasteiger partial charge in [0.05, 0.1) is 0 Å². The van der Waals surface area contributed by atoms with Crippen molar-refractivity contribution in [1.82, 2.24) is 0 Å². The SMILES string of the molecule is CC(C)(C)CC(C)(C)Cc1ccccc1O. The lowest BCUT2D eigenvalue weighted by molar-refractivity contribution is 0.210. The zero-order valence-electron chi connectivity index (χ0n) is 11.2. The molecule has 16 heavy (non-hydrogen) atoms. The van der Waals surface area contributed by atoms with E-state index in [9.17, 15) is 5.11 Å². The molecule has 0 aliphatic heterocycles. The van der Waals surface area contributed by atoms with Gasteiger partial charge >= 0.3 is 0 Å². The van der Waals surface area contributed by atoms with E-state index < -0.39 is 0 Å². The maximum absolute atomic E-state index is 9.77. The highest BCUT2D eigenvalue weighted by atomic mass is 16.3. The van der Waals surface area contributed by atoms with Crippen LogP contribution in [0, 0.1) is 10.8 Å². The number of para-hydroxylation sites is 1. The van der Waals surface area contributed by atoms with Gasteiger partial charge in [-0.2, -0.15) is 0 Å². The molecule has 1 aromatic carbocycles. The first kappa shape index (κ1) is 13.1. The molecule has 0 atom stereocenters. The molecule has 1 N–H and O–H groups in total. The molecule has 0 radical (unpaired) electrons. The Balaban J connectivity index is 2.77. The molecule has 0 fully saturated rings. The zero-order chi connectivity index (χ0) is 12.4. The maximum Gasteiger partial charge on any atom is 0.118 e. The summed E-state index contributed by atoms with van der Waals surface area (Å²) in [6.07, 6.45) is 2.07. The summed E-state index contributed by atoms with van der Waals surface area (Å²) < 4.78 is 0. The summed E-state index contributed by atoms with van der Waals surface area (Å²) in [6.45, 7) is 11.3. The van der Waals surface area contributed by atoms with Crippen LogP contribution in [0.25, 0.3) is 0 Å². The van der Waals surface area contributed by atoms with Crippen molar-refractivity contribution in [2.75, 3.05) is 0 Å². The smallest absolute Gasteiger partial charge is 0.118 e. The van der Waals surface area contributed by atoms with Gasteiger partial charge in [-0.1, -0.05) is 52.8 Å². The van der Waals surface area contributed by atoms with Crippen LogP contribution in [-0.2, 0) is 6.42 Å². The summed E-state index contributed by atoms with van der Waals surface area (Å²) in [5.41, 5.74) is 1.60. The summed E-state index contributed by atoms with van der Waals surface area (Å²) in [5, 5.41) is 9.77. The lowest BCUT2D eigenvalue weighted by Gasteiger charge is -2.32. The fraction of sp³-hybridized carbons (Fsp3) is 0.600. The molecule has 90 valence electrons. The van der Waals surface area contributed by atoms with Crippen molar-refractivity contribution in [3.8, 4) is 5.75 Å². The van der Waals surface area contributed by atoms with Gasteiger partial charge in [0.1, 0.15) is 5.75 Å². The van der Waals surface area contributed by atoms with Gasteiger partial charge in [-0.05, 0) is 35.3 Å². The third-order valence-corrected chi connectivity index (χ3v) is 2.67. The van der Waals surface area contributed by atoms with Gasteiger partial charge in [0.25, 0.3) is 0 Å². The van der Waals surface area contributed by atoms with E-state index in [1.54, 1.807) is 6.07 Å². The summed E-state index contributed by atoms with van der Waals surface area (Å²) >= 11 is 0. The molecule has 0 bridgehead atoms. The van der Waals surface area contributed by atoms with Gasteiger partial charge in [0.15, 0.2) is 0 Å². The molecule has 1 heteroatoms. The molecular weight excluding hydrogens is 196 g/mol. The molecule has 1 nitrogen and oxygen atoms in total. The molecule has 0 heterocycles. The molecule has 0 aliphatic carbocycles. The number of hydrogen-bond acceptors (Lipinski definition) is 1. The number of phenolic OH excluding ortho intramolecular Hbond substituents is 1. The lowest BCUT2D eigenvalue weighted by Crippen LogP contribution is -2.23. The van der Waals surface area contributed by atoms with Crippen LogP contribution < -0.4 is 0 Å². The monoisotopic (exact) mass is 220 g/mol. The first-order valence-corrected chi connectivity index (χ1v) is 5.97. The first-order chi connectivity index (χ1) is 7.20. The minimum Gasteiger partial charge on any atom is -0.508 e. The number of rotatable bonds is 3. The molecule has 0 aromatic heterocycles. The fourth-order valence-electron chi connectivity index (χ4n) is 2.67. The van der Waals surface area contributed by atoms with Crippen LogP contribution in [0.15, 0.2) is 24.3 Å². The number of benzene rings is 1. The Morgan fingerprint density at radius 3 is 2.06 bits per heavy atom. The molecule has 0 saturated carbocycles. The Morgan fingerprint density at radius 1 is 1.00 bits per heavy atom. The van der Waals surface area contributed by atoms with E-state index >= 15 is 0 Å². The second-order valence-corrected chi connectivity index (χ2v) is 6.71. The van der Waals surface area contributed by atoms with Crippen LogP contribution in [0.3, 0.4) is 0 Å². The molecule has 0 aliphatic rings. The first-order valence-electron chi connectivity index (χ1n) is 5.97. The third kappa shape index (κ3) is 4.26. The summed E-state index contributed by atoms with van der Waals surface area (Å²) in [6, 6.07) is 7.64.